The SMILES string of the molecule is COc1cc2c(cc1C(N)CCC(=O)O)OCO2. The summed E-state index contributed by atoms with van der Waals surface area (Å²) in [6.07, 6.45) is 0.351. The summed E-state index contributed by atoms with van der Waals surface area (Å²) in [5, 5.41) is 8.66. The molecule has 0 saturated carbocycles. The van der Waals surface area contributed by atoms with Crippen molar-refractivity contribution in [1.82, 2.24) is 0 Å². The number of rotatable bonds is 5. The number of carboxylic acid groups (broad SMARTS) is 1. The Balaban J connectivity index is 2.23. The van der Waals surface area contributed by atoms with E-state index in [0.29, 0.717) is 23.7 Å². The molecule has 1 unspecified atom stereocenters. The second-order valence-corrected chi connectivity index (χ2v) is 3.99. The molecule has 0 spiro atoms. The molecule has 1 aliphatic rings. The Morgan fingerprint density at radius 2 is 2.17 bits per heavy atom. The van der Waals surface area contributed by atoms with Gasteiger partial charge in [0.1, 0.15) is 5.75 Å². The maximum absolute atomic E-state index is 10.5. The van der Waals surface area contributed by atoms with Crippen LogP contribution < -0.4 is 19.9 Å². The largest absolute Gasteiger partial charge is 0.496 e. The molecule has 0 radical (unpaired) electrons. The number of carbonyl (C=O) groups is 1. The lowest BCUT2D eigenvalue weighted by molar-refractivity contribution is -0.137. The van der Waals surface area contributed by atoms with Crippen molar-refractivity contribution in [3.05, 3.63) is 17.7 Å². The van der Waals surface area contributed by atoms with Gasteiger partial charge in [-0.3, -0.25) is 4.79 Å². The summed E-state index contributed by atoms with van der Waals surface area (Å²) in [7, 11) is 1.53. The van der Waals surface area contributed by atoms with Crippen molar-refractivity contribution in [2.24, 2.45) is 5.73 Å². The molecule has 3 N–H and O–H groups in total. The third kappa shape index (κ3) is 2.48. The van der Waals surface area contributed by atoms with E-state index in [1.807, 2.05) is 0 Å². The van der Waals surface area contributed by atoms with Gasteiger partial charge in [-0.15, -0.1) is 0 Å². The van der Waals surface area contributed by atoms with Gasteiger partial charge in [-0.05, 0) is 12.5 Å². The molecule has 0 aromatic heterocycles. The Labute approximate surface area is 104 Å². The number of benzene rings is 1. The fourth-order valence-electron chi connectivity index (χ4n) is 1.84. The first kappa shape index (κ1) is 12.5. The van der Waals surface area contributed by atoms with E-state index in [0.717, 1.165) is 5.56 Å². The highest BCUT2D eigenvalue weighted by atomic mass is 16.7. The van der Waals surface area contributed by atoms with E-state index in [1.54, 1.807) is 12.1 Å². The summed E-state index contributed by atoms with van der Waals surface area (Å²) in [6.45, 7) is 0.173. The van der Waals surface area contributed by atoms with Gasteiger partial charge in [-0.2, -0.15) is 0 Å². The van der Waals surface area contributed by atoms with Crippen molar-refractivity contribution in [3.63, 3.8) is 0 Å². The predicted molar refractivity (Wildman–Crippen MR) is 62.9 cm³/mol. The number of methoxy groups -OCH3 is 1. The van der Waals surface area contributed by atoms with Gasteiger partial charge >= 0.3 is 5.97 Å². The molecule has 1 aromatic rings. The first-order valence-electron chi connectivity index (χ1n) is 5.56. The first-order valence-corrected chi connectivity index (χ1v) is 5.56. The second kappa shape index (κ2) is 5.14. The molecule has 0 saturated heterocycles. The van der Waals surface area contributed by atoms with Crippen LogP contribution in [0, 0.1) is 0 Å². The summed E-state index contributed by atoms with van der Waals surface area (Å²) < 4.78 is 15.7. The Hall–Kier alpha value is -1.95. The van der Waals surface area contributed by atoms with Gasteiger partial charge in [-0.25, -0.2) is 0 Å². The third-order valence-electron chi connectivity index (χ3n) is 2.79. The maximum atomic E-state index is 10.5. The van der Waals surface area contributed by atoms with Gasteiger partial charge in [0.15, 0.2) is 11.5 Å². The molecule has 98 valence electrons. The molecular formula is C12H15NO5. The van der Waals surface area contributed by atoms with Crippen LogP contribution in [-0.2, 0) is 4.79 Å². The minimum Gasteiger partial charge on any atom is -0.496 e. The number of hydrogen-bond donors (Lipinski definition) is 2. The zero-order chi connectivity index (χ0) is 13.1. The van der Waals surface area contributed by atoms with Crippen LogP contribution in [0.1, 0.15) is 24.4 Å². The second-order valence-electron chi connectivity index (χ2n) is 3.99. The Morgan fingerprint density at radius 1 is 1.50 bits per heavy atom. The molecule has 1 aromatic carbocycles. The van der Waals surface area contributed by atoms with E-state index >= 15 is 0 Å². The monoisotopic (exact) mass is 253 g/mol. The van der Waals surface area contributed by atoms with Crippen molar-refractivity contribution in [2.75, 3.05) is 13.9 Å². The van der Waals surface area contributed by atoms with Gasteiger partial charge in [-0.1, -0.05) is 0 Å². The van der Waals surface area contributed by atoms with Gasteiger partial charge in [0.2, 0.25) is 6.79 Å². The lowest BCUT2D eigenvalue weighted by Crippen LogP contribution is -2.13. The molecular weight excluding hydrogens is 238 g/mol. The summed E-state index contributed by atoms with van der Waals surface area (Å²) in [5.74, 6) is 0.930. The molecule has 0 amide bonds. The summed E-state index contributed by atoms with van der Waals surface area (Å²) in [6, 6.07) is 3.04. The van der Waals surface area contributed by atoms with Gasteiger partial charge in [0, 0.05) is 24.1 Å². The molecule has 0 aliphatic carbocycles. The van der Waals surface area contributed by atoms with E-state index in [-0.39, 0.29) is 13.2 Å². The standard InChI is InChI=1S/C12H15NO5/c1-16-9-5-11-10(17-6-18-11)4-7(9)8(13)2-3-12(14)15/h4-5,8H,2-3,6,13H2,1H3,(H,14,15). The number of carboxylic acids is 1. The topological polar surface area (TPSA) is 91.0 Å². The zero-order valence-electron chi connectivity index (χ0n) is 10.0. The lowest BCUT2D eigenvalue weighted by atomic mass is 10.0. The van der Waals surface area contributed by atoms with Crippen molar-refractivity contribution in [1.29, 1.82) is 0 Å². The highest BCUT2D eigenvalue weighted by Gasteiger charge is 2.21. The molecule has 6 heteroatoms. The van der Waals surface area contributed by atoms with Crippen LogP contribution in [0.2, 0.25) is 0 Å². The van der Waals surface area contributed by atoms with Crippen LogP contribution in [0.15, 0.2) is 12.1 Å². The smallest absolute Gasteiger partial charge is 0.303 e. The molecule has 0 bridgehead atoms. The van der Waals surface area contributed by atoms with Crippen molar-refractivity contribution in [2.45, 2.75) is 18.9 Å². The highest BCUT2D eigenvalue weighted by Crippen LogP contribution is 2.40. The van der Waals surface area contributed by atoms with E-state index < -0.39 is 12.0 Å². The van der Waals surface area contributed by atoms with Crippen molar-refractivity contribution >= 4 is 5.97 Å². The number of hydrogen-bond acceptors (Lipinski definition) is 5. The Kier molecular flexibility index (Phi) is 3.57. The van der Waals surface area contributed by atoms with Crippen molar-refractivity contribution in [3.8, 4) is 17.2 Å². The van der Waals surface area contributed by atoms with E-state index in [2.05, 4.69) is 0 Å². The van der Waals surface area contributed by atoms with E-state index in [1.165, 1.54) is 7.11 Å². The van der Waals surface area contributed by atoms with Crippen LogP contribution in [0.4, 0.5) is 0 Å². The maximum Gasteiger partial charge on any atom is 0.303 e. The van der Waals surface area contributed by atoms with E-state index in [9.17, 15) is 4.79 Å². The quantitative estimate of drug-likeness (QED) is 0.821. The normalized spacial score (nSPS) is 14.3. The number of nitrogens with two attached hydrogens (primary N) is 1. The minimum absolute atomic E-state index is 0.0127. The molecule has 18 heavy (non-hydrogen) atoms. The number of aliphatic carboxylic acids is 1. The zero-order valence-corrected chi connectivity index (χ0v) is 10.0. The molecule has 6 nitrogen and oxygen atoms in total. The fourth-order valence-corrected chi connectivity index (χ4v) is 1.84. The number of fused-ring (bicyclic) bond motifs is 1. The molecule has 2 rings (SSSR count). The number of ether oxygens (including phenoxy) is 3. The van der Waals surface area contributed by atoms with E-state index in [4.69, 9.17) is 25.1 Å². The molecule has 1 atom stereocenters. The van der Waals surface area contributed by atoms with Gasteiger partial charge in [0.05, 0.1) is 7.11 Å². The average molecular weight is 253 g/mol. The predicted octanol–water partition coefficient (Wildman–Crippen LogP) is 1.29. The lowest BCUT2D eigenvalue weighted by Gasteiger charge is -2.15. The third-order valence-corrected chi connectivity index (χ3v) is 2.79. The van der Waals surface area contributed by atoms with Crippen LogP contribution in [0.5, 0.6) is 17.2 Å². The average Bonchev–Trinajstić information content (AvgIpc) is 2.81. The summed E-state index contributed by atoms with van der Waals surface area (Å²) in [5.41, 5.74) is 6.70. The summed E-state index contributed by atoms with van der Waals surface area (Å²) >= 11 is 0. The minimum atomic E-state index is -0.870. The van der Waals surface area contributed by atoms with Gasteiger partial charge < -0.3 is 25.1 Å². The van der Waals surface area contributed by atoms with Crippen LogP contribution in [0.25, 0.3) is 0 Å². The van der Waals surface area contributed by atoms with Crippen LogP contribution in [-0.4, -0.2) is 25.0 Å². The first-order chi connectivity index (χ1) is 8.61. The van der Waals surface area contributed by atoms with Crippen LogP contribution in [0.3, 0.4) is 0 Å². The Morgan fingerprint density at radius 3 is 2.78 bits per heavy atom. The fraction of sp³-hybridized carbons (Fsp3) is 0.417. The summed E-state index contributed by atoms with van der Waals surface area (Å²) in [4.78, 5) is 10.5. The molecule has 1 aliphatic heterocycles. The van der Waals surface area contributed by atoms with Crippen LogP contribution >= 0.6 is 0 Å². The molecule has 0 fully saturated rings. The van der Waals surface area contributed by atoms with Gasteiger partial charge in [0.25, 0.3) is 0 Å². The Bertz CT molecular complexity index is 460. The highest BCUT2D eigenvalue weighted by molar-refractivity contribution is 5.66. The molecule has 1 heterocycles. The van der Waals surface area contributed by atoms with Crippen molar-refractivity contribution < 1.29 is 24.1 Å².